The molecule has 10 nitrogen and oxygen atoms in total. The molecule has 2 N–H and O–H groups in total. The molecule has 4 heterocycles. The van der Waals surface area contributed by atoms with Crippen molar-refractivity contribution in [2.24, 2.45) is 11.8 Å². The summed E-state index contributed by atoms with van der Waals surface area (Å²) < 4.78 is 14.7. The molecule has 0 atom stereocenters. The molecular weight excluding hydrogens is 659 g/mol. The summed E-state index contributed by atoms with van der Waals surface area (Å²) >= 11 is 6.39. The Labute approximate surface area is 295 Å². The summed E-state index contributed by atoms with van der Waals surface area (Å²) in [5, 5.41) is 3.34. The molecule has 0 saturated carbocycles. The number of benzene rings is 3. The van der Waals surface area contributed by atoms with Crippen molar-refractivity contribution in [1.29, 1.82) is 0 Å². The van der Waals surface area contributed by atoms with Gasteiger partial charge in [-0.15, -0.1) is 0 Å². The fourth-order valence-corrected chi connectivity index (χ4v) is 7.90. The quantitative estimate of drug-likeness (QED) is 0.238. The number of carbonyl (C=O) groups excluding carboxylic acids is 4. The summed E-state index contributed by atoms with van der Waals surface area (Å²) in [5.41, 5.74) is 4.58. The van der Waals surface area contributed by atoms with Crippen LogP contribution >= 0.6 is 11.6 Å². The number of nitrogens with one attached hydrogen (secondary N) is 2. The summed E-state index contributed by atoms with van der Waals surface area (Å²) in [5.74, 6) is 0.167. The second-order valence-corrected chi connectivity index (χ2v) is 14.1. The average molecular weight is 699 g/mol. The van der Waals surface area contributed by atoms with Gasteiger partial charge in [0.05, 0.1) is 16.2 Å². The first-order valence-electron chi connectivity index (χ1n) is 17.2. The van der Waals surface area contributed by atoms with Crippen LogP contribution in [0.4, 0.5) is 20.6 Å². The molecule has 3 saturated heterocycles. The monoisotopic (exact) mass is 698 g/mol. The van der Waals surface area contributed by atoms with E-state index < -0.39 is 6.03 Å². The van der Waals surface area contributed by atoms with Crippen LogP contribution in [0, 0.1) is 17.7 Å². The van der Waals surface area contributed by atoms with E-state index in [2.05, 4.69) is 39.5 Å². The van der Waals surface area contributed by atoms with E-state index in [4.69, 9.17) is 11.6 Å². The molecule has 0 aliphatic carbocycles. The topological polar surface area (TPSA) is 109 Å². The Balaban J connectivity index is 0.941. The number of aromatic amines is 1. The van der Waals surface area contributed by atoms with Crippen molar-refractivity contribution in [3.63, 3.8) is 0 Å². The number of rotatable bonds is 6. The van der Waals surface area contributed by atoms with Crippen LogP contribution in [0.3, 0.4) is 0 Å². The summed E-state index contributed by atoms with van der Waals surface area (Å²) in [4.78, 5) is 60.1. The van der Waals surface area contributed by atoms with Gasteiger partial charge in [0.2, 0.25) is 5.91 Å². The summed E-state index contributed by atoms with van der Waals surface area (Å²) in [6.45, 7) is 3.50. The van der Waals surface area contributed by atoms with Crippen LogP contribution in [-0.2, 0) is 4.79 Å². The maximum atomic E-state index is 14.7. The molecule has 12 heteroatoms. The predicted octanol–water partition coefficient (Wildman–Crippen LogP) is 6.54. The normalized spacial score (nSPS) is 17.7. The van der Waals surface area contributed by atoms with E-state index >= 15 is 0 Å². The minimum absolute atomic E-state index is 0.0755. The van der Waals surface area contributed by atoms with Gasteiger partial charge >= 0.3 is 6.03 Å². The second kappa shape index (κ2) is 13.8. The molecule has 3 aliphatic heterocycles. The number of aromatic nitrogens is 1. The van der Waals surface area contributed by atoms with Crippen molar-refractivity contribution in [1.82, 2.24) is 20.1 Å². The number of hydrogen-bond acceptors (Lipinski definition) is 5. The number of imide groups is 1. The zero-order chi connectivity index (χ0) is 35.1. The third kappa shape index (κ3) is 6.54. The third-order valence-corrected chi connectivity index (χ3v) is 10.8. The highest BCUT2D eigenvalue weighted by atomic mass is 35.5. The Bertz CT molecular complexity index is 1960. The molecular formula is C38H40ClFN6O4. The van der Waals surface area contributed by atoms with Gasteiger partial charge in [-0.2, -0.15) is 0 Å². The lowest BCUT2D eigenvalue weighted by atomic mass is 9.78. The average Bonchev–Trinajstić information content (AvgIpc) is 3.58. The zero-order valence-corrected chi connectivity index (χ0v) is 28.9. The Morgan fingerprint density at radius 1 is 0.860 bits per heavy atom. The molecule has 260 valence electrons. The summed E-state index contributed by atoms with van der Waals surface area (Å²) in [6.07, 6.45) is 4.26. The van der Waals surface area contributed by atoms with Gasteiger partial charge in [0.1, 0.15) is 11.5 Å². The Morgan fingerprint density at radius 2 is 1.54 bits per heavy atom. The van der Waals surface area contributed by atoms with Crippen LogP contribution in [-0.4, -0.2) is 85.4 Å². The minimum atomic E-state index is -0.533. The highest BCUT2D eigenvalue weighted by Gasteiger charge is 2.32. The van der Waals surface area contributed by atoms with E-state index in [0.29, 0.717) is 57.8 Å². The van der Waals surface area contributed by atoms with Crippen LogP contribution in [0.5, 0.6) is 0 Å². The molecule has 0 radical (unpaired) electrons. The van der Waals surface area contributed by atoms with Crippen molar-refractivity contribution in [3.8, 4) is 11.1 Å². The zero-order valence-electron chi connectivity index (χ0n) is 28.2. The van der Waals surface area contributed by atoms with E-state index in [9.17, 15) is 23.6 Å². The Kier molecular flexibility index (Phi) is 9.26. The van der Waals surface area contributed by atoms with Gasteiger partial charge < -0.3 is 19.7 Å². The molecule has 0 spiro atoms. The van der Waals surface area contributed by atoms with Gasteiger partial charge in [-0.3, -0.25) is 24.6 Å². The number of anilines is 2. The smallest absolute Gasteiger partial charge is 0.328 e. The number of amides is 5. The molecule has 0 bridgehead atoms. The molecule has 3 aliphatic rings. The number of piperidine rings is 2. The molecule has 3 aromatic carbocycles. The number of H-pyrrole nitrogens is 1. The van der Waals surface area contributed by atoms with E-state index in [0.717, 1.165) is 55.6 Å². The Morgan fingerprint density at radius 3 is 2.20 bits per heavy atom. The van der Waals surface area contributed by atoms with Gasteiger partial charge in [0.25, 0.3) is 11.8 Å². The van der Waals surface area contributed by atoms with Gasteiger partial charge in [0.15, 0.2) is 0 Å². The maximum Gasteiger partial charge on any atom is 0.328 e. The lowest BCUT2D eigenvalue weighted by molar-refractivity contribution is -0.120. The van der Waals surface area contributed by atoms with Crippen molar-refractivity contribution >= 4 is 57.6 Å². The Hall–Kier alpha value is -4.90. The van der Waals surface area contributed by atoms with Crippen molar-refractivity contribution in [2.75, 3.05) is 56.6 Å². The van der Waals surface area contributed by atoms with Crippen LogP contribution < -0.4 is 15.1 Å². The predicted molar refractivity (Wildman–Crippen MR) is 192 cm³/mol. The minimum Gasteiger partial charge on any atom is -0.372 e. The number of hydrogen-bond donors (Lipinski definition) is 2. The molecule has 0 unspecified atom stereocenters. The SMILES string of the molecule is CN(C)C(=O)c1cc2c(-c3ccc(N4CCC(C5CCN(C(=O)c6ccc(Cl)c(N7CCC(=O)NC7=O)c6)CC5)CC4)cc3)ccc(F)c2[nH]1. The van der Waals surface area contributed by atoms with E-state index in [1.807, 2.05) is 4.90 Å². The molecule has 7 rings (SSSR count). The molecule has 3 fully saturated rings. The molecule has 5 amide bonds. The van der Waals surface area contributed by atoms with E-state index in [1.54, 1.807) is 44.4 Å². The van der Waals surface area contributed by atoms with E-state index in [-0.39, 0.29) is 36.5 Å². The van der Waals surface area contributed by atoms with Crippen LogP contribution in [0.2, 0.25) is 5.02 Å². The van der Waals surface area contributed by atoms with E-state index in [1.165, 1.54) is 15.9 Å². The number of fused-ring (bicyclic) bond motifs is 1. The fourth-order valence-electron chi connectivity index (χ4n) is 7.68. The standard InChI is InChI=1S/C38H40ClFN6O4/c1-43(2)37(49)32-22-29-28(8-10-31(40)35(29)41-32)25-3-6-27(7-4-25)44-16-11-23(12-17-44)24-13-18-45(19-14-24)36(48)26-5-9-30(39)33(21-26)46-20-15-34(47)42-38(46)50/h3-10,21-24,41H,11-20H2,1-2H3,(H,42,47,50). The van der Waals surface area contributed by atoms with Crippen LogP contribution in [0.25, 0.3) is 22.0 Å². The van der Waals surface area contributed by atoms with Crippen molar-refractivity contribution in [3.05, 3.63) is 82.8 Å². The number of halogens is 2. The first kappa shape index (κ1) is 33.6. The van der Waals surface area contributed by atoms with Gasteiger partial charge in [-0.1, -0.05) is 29.8 Å². The maximum absolute atomic E-state index is 14.7. The van der Waals surface area contributed by atoms with Crippen molar-refractivity contribution in [2.45, 2.75) is 32.1 Å². The summed E-state index contributed by atoms with van der Waals surface area (Å²) in [6, 6.07) is 17.7. The first-order valence-corrected chi connectivity index (χ1v) is 17.5. The number of nitrogens with zero attached hydrogens (tertiary/aromatic N) is 4. The second-order valence-electron chi connectivity index (χ2n) is 13.7. The number of carbonyl (C=O) groups is 4. The van der Waals surface area contributed by atoms with Gasteiger partial charge in [0, 0.05) is 69.9 Å². The molecule has 1 aromatic heterocycles. The number of urea groups is 1. The van der Waals surface area contributed by atoms with Crippen LogP contribution in [0.15, 0.2) is 60.7 Å². The highest BCUT2D eigenvalue weighted by molar-refractivity contribution is 6.34. The largest absolute Gasteiger partial charge is 0.372 e. The molecule has 50 heavy (non-hydrogen) atoms. The number of likely N-dealkylation sites (tertiary alicyclic amines) is 1. The first-order chi connectivity index (χ1) is 24.1. The van der Waals surface area contributed by atoms with Crippen LogP contribution in [0.1, 0.15) is 53.0 Å². The molecule has 4 aromatic rings. The lowest BCUT2D eigenvalue weighted by Gasteiger charge is -2.41. The third-order valence-electron chi connectivity index (χ3n) is 10.5. The fraction of sp³-hybridized carbons (Fsp3) is 0.368. The van der Waals surface area contributed by atoms with Crippen molar-refractivity contribution < 1.29 is 23.6 Å². The lowest BCUT2D eigenvalue weighted by Crippen LogP contribution is -2.49. The highest BCUT2D eigenvalue weighted by Crippen LogP contribution is 2.37. The van der Waals surface area contributed by atoms with Gasteiger partial charge in [-0.05, 0) is 91.1 Å². The van der Waals surface area contributed by atoms with Gasteiger partial charge in [-0.25, -0.2) is 9.18 Å². The summed E-state index contributed by atoms with van der Waals surface area (Å²) in [7, 11) is 3.34.